The van der Waals surface area contributed by atoms with E-state index in [1.807, 2.05) is 32.0 Å². The maximum absolute atomic E-state index is 5.62. The Morgan fingerprint density at radius 3 is 2.48 bits per heavy atom. The van der Waals surface area contributed by atoms with Crippen molar-refractivity contribution in [2.24, 2.45) is 4.99 Å². The van der Waals surface area contributed by atoms with Crippen molar-refractivity contribution >= 4 is 5.96 Å². The second-order valence-electron chi connectivity index (χ2n) is 6.05. The molecule has 1 heterocycles. The molecular formula is C20H28N4O. The molecule has 5 nitrogen and oxygen atoms in total. The topological polar surface area (TPSA) is 58.5 Å². The number of benzene rings is 1. The molecule has 0 saturated heterocycles. The predicted molar refractivity (Wildman–Crippen MR) is 102 cm³/mol. The highest BCUT2D eigenvalue weighted by atomic mass is 16.5. The Hall–Kier alpha value is -2.40. The van der Waals surface area contributed by atoms with Crippen molar-refractivity contribution in [1.82, 2.24) is 15.6 Å². The fourth-order valence-corrected chi connectivity index (χ4v) is 2.19. The fraction of sp³-hybridized carbons (Fsp3) is 0.400. The van der Waals surface area contributed by atoms with E-state index < -0.39 is 0 Å². The summed E-state index contributed by atoms with van der Waals surface area (Å²) in [6, 6.07) is 14.3. The molecule has 0 fully saturated rings. The number of hydrogen-bond donors (Lipinski definition) is 2. The van der Waals surface area contributed by atoms with Crippen LogP contribution in [0.5, 0.6) is 0 Å². The molecule has 134 valence electrons. The lowest BCUT2D eigenvalue weighted by Gasteiger charge is -2.11. The molecule has 0 unspecified atom stereocenters. The molecule has 2 aromatic rings. The second-order valence-corrected chi connectivity index (χ2v) is 6.05. The van der Waals surface area contributed by atoms with Crippen LogP contribution in [0.1, 0.15) is 37.6 Å². The minimum absolute atomic E-state index is 0.247. The summed E-state index contributed by atoms with van der Waals surface area (Å²) in [4.78, 5) is 8.95. The maximum atomic E-state index is 5.62. The van der Waals surface area contributed by atoms with Gasteiger partial charge < -0.3 is 15.4 Å². The average Bonchev–Trinajstić information content (AvgIpc) is 2.64. The SMILES string of the molecule is CCNC(=NCc1ccc(COC(C)C)cc1)NCc1ccccn1. The molecule has 2 N–H and O–H groups in total. The Balaban J connectivity index is 1.89. The molecule has 0 atom stereocenters. The number of guanidine groups is 1. The summed E-state index contributed by atoms with van der Waals surface area (Å²) in [5, 5.41) is 6.57. The summed E-state index contributed by atoms with van der Waals surface area (Å²) < 4.78 is 5.62. The molecule has 25 heavy (non-hydrogen) atoms. The van der Waals surface area contributed by atoms with Crippen LogP contribution in [0.15, 0.2) is 53.7 Å². The maximum Gasteiger partial charge on any atom is 0.191 e. The number of pyridine rings is 1. The summed E-state index contributed by atoms with van der Waals surface area (Å²) in [5.74, 6) is 0.792. The first-order valence-corrected chi connectivity index (χ1v) is 8.79. The largest absolute Gasteiger partial charge is 0.374 e. The minimum atomic E-state index is 0.247. The fourth-order valence-electron chi connectivity index (χ4n) is 2.19. The van der Waals surface area contributed by atoms with Crippen molar-refractivity contribution in [2.75, 3.05) is 6.54 Å². The monoisotopic (exact) mass is 340 g/mol. The molecule has 2 rings (SSSR count). The van der Waals surface area contributed by atoms with E-state index in [9.17, 15) is 0 Å². The molecule has 0 aliphatic heterocycles. The van der Waals surface area contributed by atoms with Crippen molar-refractivity contribution in [2.45, 2.75) is 46.6 Å². The van der Waals surface area contributed by atoms with Gasteiger partial charge in [0.05, 0.1) is 31.5 Å². The van der Waals surface area contributed by atoms with Gasteiger partial charge in [0.15, 0.2) is 5.96 Å². The third-order valence-electron chi connectivity index (χ3n) is 3.53. The van der Waals surface area contributed by atoms with E-state index in [4.69, 9.17) is 4.74 Å². The van der Waals surface area contributed by atoms with Gasteiger partial charge in [-0.05, 0) is 44.0 Å². The number of hydrogen-bond acceptors (Lipinski definition) is 3. The van der Waals surface area contributed by atoms with Crippen molar-refractivity contribution < 1.29 is 4.74 Å². The first-order chi connectivity index (χ1) is 12.2. The molecule has 0 spiro atoms. The van der Waals surface area contributed by atoms with Crippen LogP contribution in [-0.4, -0.2) is 23.6 Å². The van der Waals surface area contributed by atoms with Gasteiger partial charge in [-0.1, -0.05) is 30.3 Å². The molecular weight excluding hydrogens is 312 g/mol. The van der Waals surface area contributed by atoms with Gasteiger partial charge in [-0.15, -0.1) is 0 Å². The number of rotatable bonds is 8. The van der Waals surface area contributed by atoms with Gasteiger partial charge in [0.2, 0.25) is 0 Å². The highest BCUT2D eigenvalue weighted by Crippen LogP contribution is 2.08. The molecule has 1 aromatic carbocycles. The lowest BCUT2D eigenvalue weighted by atomic mass is 10.1. The summed E-state index contributed by atoms with van der Waals surface area (Å²) in [6.07, 6.45) is 2.04. The summed E-state index contributed by atoms with van der Waals surface area (Å²) in [6.45, 7) is 8.89. The van der Waals surface area contributed by atoms with Crippen LogP contribution in [0.2, 0.25) is 0 Å². The smallest absolute Gasteiger partial charge is 0.191 e. The van der Waals surface area contributed by atoms with Crippen molar-refractivity contribution in [1.29, 1.82) is 0 Å². The first kappa shape index (κ1) is 18.9. The normalized spacial score (nSPS) is 11.6. The molecule has 0 aliphatic rings. The predicted octanol–water partition coefficient (Wildman–Crippen LogP) is 3.26. The van der Waals surface area contributed by atoms with Crippen molar-refractivity contribution in [3.05, 3.63) is 65.5 Å². The van der Waals surface area contributed by atoms with Gasteiger partial charge in [0.25, 0.3) is 0 Å². The van der Waals surface area contributed by atoms with E-state index >= 15 is 0 Å². The average molecular weight is 340 g/mol. The molecule has 1 aromatic heterocycles. The molecule has 0 bridgehead atoms. The van der Waals surface area contributed by atoms with Gasteiger partial charge in [-0.3, -0.25) is 4.98 Å². The van der Waals surface area contributed by atoms with Gasteiger partial charge >= 0.3 is 0 Å². The Morgan fingerprint density at radius 2 is 1.84 bits per heavy atom. The second kappa shape index (κ2) is 10.5. The van der Waals surface area contributed by atoms with E-state index in [1.165, 1.54) is 11.1 Å². The zero-order valence-corrected chi connectivity index (χ0v) is 15.3. The van der Waals surface area contributed by atoms with Crippen LogP contribution in [0.3, 0.4) is 0 Å². The Morgan fingerprint density at radius 1 is 1.08 bits per heavy atom. The molecule has 0 amide bonds. The number of ether oxygens (including phenoxy) is 1. The lowest BCUT2D eigenvalue weighted by Crippen LogP contribution is -2.36. The number of nitrogens with one attached hydrogen (secondary N) is 2. The van der Waals surface area contributed by atoms with Gasteiger partial charge in [0.1, 0.15) is 0 Å². The summed E-state index contributed by atoms with van der Waals surface area (Å²) >= 11 is 0. The number of aliphatic imine (C=N–C) groups is 1. The Kier molecular flexibility index (Phi) is 7.92. The van der Waals surface area contributed by atoms with E-state index in [2.05, 4.69) is 51.8 Å². The van der Waals surface area contributed by atoms with Gasteiger partial charge in [0, 0.05) is 12.7 Å². The highest BCUT2D eigenvalue weighted by molar-refractivity contribution is 5.79. The van der Waals surface area contributed by atoms with Crippen molar-refractivity contribution in [3.8, 4) is 0 Å². The van der Waals surface area contributed by atoms with Gasteiger partial charge in [-0.2, -0.15) is 0 Å². The third kappa shape index (κ3) is 7.35. The van der Waals surface area contributed by atoms with Crippen LogP contribution >= 0.6 is 0 Å². The van der Waals surface area contributed by atoms with E-state index in [0.717, 1.165) is 18.2 Å². The third-order valence-corrected chi connectivity index (χ3v) is 3.53. The van der Waals surface area contributed by atoms with Crippen LogP contribution in [0.25, 0.3) is 0 Å². The van der Waals surface area contributed by atoms with Crippen LogP contribution in [-0.2, 0) is 24.4 Å². The highest BCUT2D eigenvalue weighted by Gasteiger charge is 2.00. The zero-order valence-electron chi connectivity index (χ0n) is 15.3. The summed E-state index contributed by atoms with van der Waals surface area (Å²) in [7, 11) is 0. The van der Waals surface area contributed by atoms with Crippen LogP contribution in [0, 0.1) is 0 Å². The zero-order chi connectivity index (χ0) is 17.9. The molecule has 5 heteroatoms. The lowest BCUT2D eigenvalue weighted by molar-refractivity contribution is 0.0657. The van der Waals surface area contributed by atoms with Crippen LogP contribution < -0.4 is 10.6 Å². The van der Waals surface area contributed by atoms with Gasteiger partial charge in [-0.25, -0.2) is 4.99 Å². The first-order valence-electron chi connectivity index (χ1n) is 8.79. The number of nitrogens with zero attached hydrogens (tertiary/aromatic N) is 2. The van der Waals surface area contributed by atoms with E-state index in [1.54, 1.807) is 6.20 Å². The minimum Gasteiger partial charge on any atom is -0.374 e. The van der Waals surface area contributed by atoms with Crippen molar-refractivity contribution in [3.63, 3.8) is 0 Å². The quantitative estimate of drug-likeness (QED) is 0.572. The molecule has 0 aliphatic carbocycles. The van der Waals surface area contributed by atoms with Crippen LogP contribution in [0.4, 0.5) is 0 Å². The molecule has 0 radical (unpaired) electrons. The molecule has 0 saturated carbocycles. The summed E-state index contributed by atoms with van der Waals surface area (Å²) in [5.41, 5.74) is 3.34. The van der Waals surface area contributed by atoms with E-state index in [-0.39, 0.29) is 6.10 Å². The number of aromatic nitrogens is 1. The standard InChI is InChI=1S/C20H28N4O/c1-4-21-20(24-14-19-7-5-6-12-22-19)23-13-17-8-10-18(11-9-17)15-25-16(2)3/h5-12,16H,4,13-15H2,1-3H3,(H2,21,23,24). The Bertz CT molecular complexity index is 639. The Labute approximate surface area is 150 Å². The van der Waals surface area contributed by atoms with E-state index in [0.29, 0.717) is 19.7 Å².